The van der Waals surface area contributed by atoms with Crippen LogP contribution in [0, 0.1) is 0 Å². The Bertz CT molecular complexity index is 946. The summed E-state index contributed by atoms with van der Waals surface area (Å²) in [6.07, 6.45) is 1.95. The van der Waals surface area contributed by atoms with Crippen molar-refractivity contribution in [1.82, 2.24) is 4.98 Å². The zero-order valence-electron chi connectivity index (χ0n) is 12.5. The van der Waals surface area contributed by atoms with Crippen LogP contribution < -0.4 is 14.2 Å². The molecule has 110 valence electrons. The van der Waals surface area contributed by atoms with E-state index in [4.69, 9.17) is 19.2 Å². The van der Waals surface area contributed by atoms with Gasteiger partial charge in [-0.3, -0.25) is 4.98 Å². The van der Waals surface area contributed by atoms with Crippen molar-refractivity contribution in [2.24, 2.45) is 0 Å². The fourth-order valence-corrected chi connectivity index (χ4v) is 3.32. The Kier molecular flexibility index (Phi) is 2.10. The van der Waals surface area contributed by atoms with Gasteiger partial charge in [0, 0.05) is 27.9 Å². The molecule has 0 aliphatic carbocycles. The number of ether oxygens (including phenoxy) is 3. The lowest BCUT2D eigenvalue weighted by Gasteiger charge is -2.14. The van der Waals surface area contributed by atoms with E-state index in [9.17, 15) is 0 Å². The minimum Gasteiger partial charge on any atom is -0.492 e. The third kappa shape index (κ3) is 1.44. The van der Waals surface area contributed by atoms with Crippen molar-refractivity contribution in [3.63, 3.8) is 0 Å². The smallest absolute Gasteiger partial charge is 0.231 e. The predicted molar refractivity (Wildman–Crippen MR) is 83.9 cm³/mol. The minimum atomic E-state index is 0.0143. The van der Waals surface area contributed by atoms with Crippen LogP contribution in [0.15, 0.2) is 30.5 Å². The molecular formula is C18H15NO3. The average Bonchev–Trinajstić information content (AvgIpc) is 3.08. The van der Waals surface area contributed by atoms with Crippen molar-refractivity contribution in [3.05, 3.63) is 36.0 Å². The van der Waals surface area contributed by atoms with Gasteiger partial charge in [-0.2, -0.15) is 0 Å². The molecule has 0 amide bonds. The van der Waals surface area contributed by atoms with Crippen LogP contribution >= 0.6 is 0 Å². The number of hydrogen-bond acceptors (Lipinski definition) is 4. The minimum absolute atomic E-state index is 0.0143. The van der Waals surface area contributed by atoms with E-state index in [-0.39, 0.29) is 12.2 Å². The Morgan fingerprint density at radius 1 is 1.00 bits per heavy atom. The second-order valence-electron chi connectivity index (χ2n) is 6.56. The molecule has 4 heteroatoms. The molecule has 0 fully saturated rings. The van der Waals surface area contributed by atoms with E-state index in [0.717, 1.165) is 38.9 Å². The zero-order valence-corrected chi connectivity index (χ0v) is 12.5. The first-order valence-electron chi connectivity index (χ1n) is 7.42. The quantitative estimate of drug-likeness (QED) is 0.591. The Hall–Kier alpha value is -2.49. The van der Waals surface area contributed by atoms with Crippen LogP contribution in [0.3, 0.4) is 0 Å². The van der Waals surface area contributed by atoms with Gasteiger partial charge in [-0.15, -0.1) is 0 Å². The number of pyridine rings is 1. The third-order valence-electron chi connectivity index (χ3n) is 4.60. The van der Waals surface area contributed by atoms with E-state index in [1.54, 1.807) is 0 Å². The van der Waals surface area contributed by atoms with Gasteiger partial charge in [-0.25, -0.2) is 0 Å². The molecule has 0 bridgehead atoms. The number of fused-ring (bicyclic) bond motifs is 6. The first-order valence-corrected chi connectivity index (χ1v) is 7.42. The normalized spacial score (nSPS) is 17.7. The molecule has 22 heavy (non-hydrogen) atoms. The first kappa shape index (κ1) is 12.1. The van der Waals surface area contributed by atoms with Crippen molar-refractivity contribution in [1.29, 1.82) is 0 Å². The zero-order chi connectivity index (χ0) is 14.9. The van der Waals surface area contributed by atoms with Gasteiger partial charge in [-0.05, 0) is 23.6 Å². The molecule has 0 radical (unpaired) electrons. The molecule has 1 aromatic heterocycles. The second-order valence-corrected chi connectivity index (χ2v) is 6.56. The van der Waals surface area contributed by atoms with E-state index < -0.39 is 0 Å². The number of nitrogens with zero attached hydrogens (tertiary/aromatic N) is 1. The van der Waals surface area contributed by atoms with Crippen molar-refractivity contribution in [2.45, 2.75) is 19.3 Å². The van der Waals surface area contributed by atoms with Crippen molar-refractivity contribution >= 4 is 21.7 Å². The van der Waals surface area contributed by atoms with Gasteiger partial charge >= 0.3 is 0 Å². The molecule has 0 N–H and O–H groups in total. The highest BCUT2D eigenvalue weighted by Gasteiger charge is 2.33. The van der Waals surface area contributed by atoms with Crippen LogP contribution in [-0.4, -0.2) is 18.4 Å². The lowest BCUT2D eigenvalue weighted by atomic mass is 9.87. The first-order chi connectivity index (χ1) is 10.6. The summed E-state index contributed by atoms with van der Waals surface area (Å²) in [5.41, 5.74) is 2.15. The van der Waals surface area contributed by atoms with E-state index in [1.807, 2.05) is 18.3 Å². The van der Waals surface area contributed by atoms with Gasteiger partial charge in [0.25, 0.3) is 0 Å². The Balaban J connectivity index is 1.87. The summed E-state index contributed by atoms with van der Waals surface area (Å²) in [6.45, 7) is 5.35. The van der Waals surface area contributed by atoms with E-state index in [0.29, 0.717) is 6.61 Å². The summed E-state index contributed by atoms with van der Waals surface area (Å²) >= 11 is 0. The maximum atomic E-state index is 5.97. The molecule has 3 heterocycles. The second kappa shape index (κ2) is 3.83. The highest BCUT2D eigenvalue weighted by atomic mass is 16.7. The molecular weight excluding hydrogens is 278 g/mol. The van der Waals surface area contributed by atoms with E-state index in [2.05, 4.69) is 26.0 Å². The third-order valence-corrected chi connectivity index (χ3v) is 4.60. The number of rotatable bonds is 0. The Labute approximate surface area is 127 Å². The molecule has 0 saturated heterocycles. The lowest BCUT2D eigenvalue weighted by Crippen LogP contribution is -2.18. The molecule has 2 aliphatic heterocycles. The van der Waals surface area contributed by atoms with Gasteiger partial charge < -0.3 is 14.2 Å². The van der Waals surface area contributed by atoms with E-state index in [1.165, 1.54) is 5.56 Å². The van der Waals surface area contributed by atoms with Gasteiger partial charge in [-0.1, -0.05) is 19.9 Å². The van der Waals surface area contributed by atoms with Gasteiger partial charge in [0.2, 0.25) is 6.79 Å². The molecule has 0 atom stereocenters. The fourth-order valence-electron chi connectivity index (χ4n) is 3.32. The summed E-state index contributed by atoms with van der Waals surface area (Å²) in [5.74, 6) is 2.54. The van der Waals surface area contributed by atoms with Crippen LogP contribution in [0.25, 0.3) is 21.7 Å². The number of aromatic nitrogens is 1. The van der Waals surface area contributed by atoms with Crippen molar-refractivity contribution in [2.75, 3.05) is 13.4 Å². The largest absolute Gasteiger partial charge is 0.492 e. The van der Waals surface area contributed by atoms with Crippen molar-refractivity contribution < 1.29 is 14.2 Å². The summed E-state index contributed by atoms with van der Waals surface area (Å²) in [5, 5.41) is 3.23. The monoisotopic (exact) mass is 293 g/mol. The maximum absolute atomic E-state index is 5.97. The van der Waals surface area contributed by atoms with E-state index >= 15 is 0 Å². The molecule has 4 nitrogen and oxygen atoms in total. The highest BCUT2D eigenvalue weighted by molar-refractivity contribution is 6.08. The predicted octanol–water partition coefficient (Wildman–Crippen LogP) is 3.79. The Morgan fingerprint density at radius 2 is 1.82 bits per heavy atom. The molecule has 2 aromatic carbocycles. The van der Waals surface area contributed by atoms with Gasteiger partial charge in [0.15, 0.2) is 11.5 Å². The molecule has 0 unspecified atom stereocenters. The summed E-state index contributed by atoms with van der Waals surface area (Å²) in [6, 6.07) is 8.21. The van der Waals surface area contributed by atoms with Gasteiger partial charge in [0.05, 0.1) is 12.1 Å². The standard InChI is InChI=1S/C18H15NO3/c1-18(2)8-20-17-11-4-3-10-5-14-15(22-9-21-14)6-12(10)16(11)19-7-13(17)18/h3-7H,8-9H2,1-2H3. The summed E-state index contributed by atoms with van der Waals surface area (Å²) < 4.78 is 16.9. The number of benzene rings is 2. The molecule has 3 aromatic rings. The molecule has 2 aliphatic rings. The van der Waals surface area contributed by atoms with Crippen LogP contribution in [0.5, 0.6) is 17.2 Å². The summed E-state index contributed by atoms with van der Waals surface area (Å²) in [7, 11) is 0. The lowest BCUT2D eigenvalue weighted by molar-refractivity contribution is 0.174. The van der Waals surface area contributed by atoms with Crippen LogP contribution in [0.1, 0.15) is 19.4 Å². The highest BCUT2D eigenvalue weighted by Crippen LogP contribution is 2.45. The Morgan fingerprint density at radius 3 is 2.68 bits per heavy atom. The topological polar surface area (TPSA) is 40.6 Å². The van der Waals surface area contributed by atoms with Gasteiger partial charge in [0.1, 0.15) is 5.75 Å². The number of hydrogen-bond donors (Lipinski definition) is 0. The maximum Gasteiger partial charge on any atom is 0.231 e. The van der Waals surface area contributed by atoms with Crippen LogP contribution in [-0.2, 0) is 5.41 Å². The molecule has 0 spiro atoms. The summed E-state index contributed by atoms with van der Waals surface area (Å²) in [4.78, 5) is 4.73. The van der Waals surface area contributed by atoms with Crippen molar-refractivity contribution in [3.8, 4) is 17.2 Å². The van der Waals surface area contributed by atoms with Crippen LogP contribution in [0.4, 0.5) is 0 Å². The molecule has 5 rings (SSSR count). The molecule has 0 saturated carbocycles. The average molecular weight is 293 g/mol. The van der Waals surface area contributed by atoms with Crippen LogP contribution in [0.2, 0.25) is 0 Å². The SMILES string of the molecule is CC1(C)COc2c1cnc1c2ccc2cc3c(cc21)OCO3. The fraction of sp³-hybridized carbons (Fsp3) is 0.278.